The number of benzene rings is 2. The van der Waals surface area contributed by atoms with Crippen molar-refractivity contribution in [3.8, 4) is 5.75 Å². The summed E-state index contributed by atoms with van der Waals surface area (Å²) in [6.45, 7) is 7.23. The second-order valence-corrected chi connectivity index (χ2v) is 11.7. The van der Waals surface area contributed by atoms with E-state index >= 15 is 0 Å². The number of para-hydroxylation sites is 1. The molecular formula is C33H41NO3. The lowest BCUT2D eigenvalue weighted by atomic mass is 9.75. The van der Waals surface area contributed by atoms with E-state index in [4.69, 9.17) is 14.5 Å². The number of carbonyl (C=O) groups excluding carboxylic acids is 1. The summed E-state index contributed by atoms with van der Waals surface area (Å²) in [6, 6.07) is 20.3. The van der Waals surface area contributed by atoms with E-state index < -0.39 is 0 Å². The number of rotatable bonds is 8. The van der Waals surface area contributed by atoms with Gasteiger partial charge in [0, 0.05) is 5.39 Å². The van der Waals surface area contributed by atoms with Crippen molar-refractivity contribution in [3.05, 3.63) is 71.9 Å². The molecule has 2 saturated carbocycles. The van der Waals surface area contributed by atoms with Gasteiger partial charge >= 0.3 is 5.97 Å². The predicted octanol–water partition coefficient (Wildman–Crippen LogP) is 8.09. The van der Waals surface area contributed by atoms with E-state index in [1.165, 1.54) is 19.3 Å². The molecule has 0 radical (unpaired) electrons. The first-order valence-corrected chi connectivity index (χ1v) is 14.3. The molecule has 2 aromatic carbocycles. The highest BCUT2D eigenvalue weighted by molar-refractivity contribution is 5.79. The van der Waals surface area contributed by atoms with Crippen LogP contribution in [0.1, 0.15) is 82.9 Å². The first-order valence-electron chi connectivity index (χ1n) is 14.3. The van der Waals surface area contributed by atoms with Gasteiger partial charge in [-0.05, 0) is 79.2 Å². The molecule has 0 bridgehead atoms. The number of esters is 1. The Morgan fingerprint density at radius 2 is 1.70 bits per heavy atom. The summed E-state index contributed by atoms with van der Waals surface area (Å²) < 4.78 is 12.4. The van der Waals surface area contributed by atoms with Gasteiger partial charge in [-0.3, -0.25) is 4.79 Å². The zero-order chi connectivity index (χ0) is 25.8. The van der Waals surface area contributed by atoms with Crippen molar-refractivity contribution in [2.45, 2.75) is 84.3 Å². The number of hydrogen-bond acceptors (Lipinski definition) is 4. The van der Waals surface area contributed by atoms with Crippen LogP contribution >= 0.6 is 0 Å². The standard InChI is InChI=1S/C33H41NO3/c1-22(2)29-19-12-23(3)20-31(29)37-33(35)32(25-9-4-5-10-25)26-14-17-28(18-15-26)36-21-27-16-13-24-8-6-7-11-30(24)34-27/h6-8,11,13-18,22-23,25,29,31-32H,4-5,9-10,12,19-21H2,1-3H3/t23-,29+,31-,32+/m0/s1. The molecule has 1 aromatic heterocycles. The molecule has 0 amide bonds. The Balaban J connectivity index is 1.28. The highest BCUT2D eigenvalue weighted by atomic mass is 16.5. The molecular weight excluding hydrogens is 458 g/mol. The lowest BCUT2D eigenvalue weighted by Crippen LogP contribution is -2.37. The molecule has 2 aliphatic carbocycles. The zero-order valence-electron chi connectivity index (χ0n) is 22.6. The summed E-state index contributed by atoms with van der Waals surface area (Å²) in [7, 11) is 0. The van der Waals surface area contributed by atoms with Crippen molar-refractivity contribution in [1.29, 1.82) is 0 Å². The first-order chi connectivity index (χ1) is 18.0. The van der Waals surface area contributed by atoms with Crippen LogP contribution in [0.15, 0.2) is 60.7 Å². The van der Waals surface area contributed by atoms with Crippen LogP contribution in [-0.2, 0) is 16.1 Å². The summed E-state index contributed by atoms with van der Waals surface area (Å²) in [5, 5.41) is 1.13. The summed E-state index contributed by atoms with van der Waals surface area (Å²) in [6.07, 6.45) is 8.01. The molecule has 2 fully saturated rings. The van der Waals surface area contributed by atoms with Crippen LogP contribution < -0.4 is 4.74 Å². The number of ether oxygens (including phenoxy) is 2. The average Bonchev–Trinajstić information content (AvgIpc) is 3.42. The van der Waals surface area contributed by atoms with Gasteiger partial charge in [0.15, 0.2) is 0 Å². The second kappa shape index (κ2) is 11.7. The van der Waals surface area contributed by atoms with Gasteiger partial charge in [-0.15, -0.1) is 0 Å². The highest BCUT2D eigenvalue weighted by Gasteiger charge is 2.38. The van der Waals surface area contributed by atoms with Gasteiger partial charge in [-0.25, -0.2) is 4.98 Å². The van der Waals surface area contributed by atoms with Crippen molar-refractivity contribution in [1.82, 2.24) is 4.98 Å². The molecule has 0 N–H and O–H groups in total. The zero-order valence-corrected chi connectivity index (χ0v) is 22.6. The minimum atomic E-state index is -0.191. The molecule has 4 nitrogen and oxygen atoms in total. The molecule has 4 heteroatoms. The maximum Gasteiger partial charge on any atom is 0.313 e. The number of fused-ring (bicyclic) bond motifs is 1. The Bertz CT molecular complexity index is 1180. The Morgan fingerprint density at radius 1 is 0.946 bits per heavy atom. The van der Waals surface area contributed by atoms with Gasteiger partial charge in [0.05, 0.1) is 17.1 Å². The highest BCUT2D eigenvalue weighted by Crippen LogP contribution is 2.41. The minimum absolute atomic E-state index is 0.0225. The van der Waals surface area contributed by atoms with Crippen LogP contribution in [0.25, 0.3) is 10.9 Å². The molecule has 0 aliphatic heterocycles. The van der Waals surface area contributed by atoms with Crippen LogP contribution in [0.2, 0.25) is 0 Å². The fourth-order valence-electron chi connectivity index (χ4n) is 6.48. The van der Waals surface area contributed by atoms with Crippen LogP contribution in [0.5, 0.6) is 5.75 Å². The second-order valence-electron chi connectivity index (χ2n) is 11.7. The molecule has 4 atom stereocenters. The van der Waals surface area contributed by atoms with Crippen molar-refractivity contribution in [3.63, 3.8) is 0 Å². The normalized spacial score (nSPS) is 23.3. The monoisotopic (exact) mass is 499 g/mol. The van der Waals surface area contributed by atoms with Crippen molar-refractivity contribution in [2.75, 3.05) is 0 Å². The van der Waals surface area contributed by atoms with Crippen LogP contribution in [-0.4, -0.2) is 17.1 Å². The van der Waals surface area contributed by atoms with Gasteiger partial charge < -0.3 is 9.47 Å². The number of pyridine rings is 1. The van der Waals surface area contributed by atoms with E-state index in [0.29, 0.717) is 30.3 Å². The molecule has 196 valence electrons. The molecule has 2 aliphatic rings. The van der Waals surface area contributed by atoms with E-state index in [1.54, 1.807) is 0 Å². The van der Waals surface area contributed by atoms with Crippen LogP contribution in [0.4, 0.5) is 0 Å². The molecule has 3 aromatic rings. The largest absolute Gasteiger partial charge is 0.487 e. The third kappa shape index (κ3) is 6.17. The Kier molecular flexibility index (Phi) is 8.12. The molecule has 5 rings (SSSR count). The summed E-state index contributed by atoms with van der Waals surface area (Å²) in [5.41, 5.74) is 2.93. The third-order valence-electron chi connectivity index (χ3n) is 8.64. The number of carbonyl (C=O) groups is 1. The fraction of sp³-hybridized carbons (Fsp3) is 0.515. The Labute approximate surface area is 221 Å². The quantitative estimate of drug-likeness (QED) is 0.294. The number of nitrogens with zero attached hydrogens (tertiary/aromatic N) is 1. The number of hydrogen-bond donors (Lipinski definition) is 0. The van der Waals surface area contributed by atoms with E-state index in [9.17, 15) is 4.79 Å². The Morgan fingerprint density at radius 3 is 2.46 bits per heavy atom. The lowest BCUT2D eigenvalue weighted by molar-refractivity contribution is -0.159. The summed E-state index contributed by atoms with van der Waals surface area (Å²) in [5.74, 6) is 2.55. The van der Waals surface area contributed by atoms with Crippen LogP contribution in [0, 0.1) is 23.7 Å². The van der Waals surface area contributed by atoms with Gasteiger partial charge in [-0.2, -0.15) is 0 Å². The van der Waals surface area contributed by atoms with E-state index in [1.807, 2.05) is 36.4 Å². The minimum Gasteiger partial charge on any atom is -0.487 e. The van der Waals surface area contributed by atoms with E-state index in [-0.39, 0.29) is 18.0 Å². The molecule has 0 saturated heterocycles. The third-order valence-corrected chi connectivity index (χ3v) is 8.64. The summed E-state index contributed by atoms with van der Waals surface area (Å²) in [4.78, 5) is 18.4. The Hall–Kier alpha value is -2.88. The summed E-state index contributed by atoms with van der Waals surface area (Å²) >= 11 is 0. The molecule has 0 unspecified atom stereocenters. The molecule has 37 heavy (non-hydrogen) atoms. The van der Waals surface area contributed by atoms with Gasteiger partial charge in [0.1, 0.15) is 18.5 Å². The SMILES string of the molecule is CC(C)[C@H]1CC[C@H](C)C[C@@H]1OC(=O)[C@@H](c1ccc(OCc2ccc3ccccc3n2)cc1)C1CCCC1. The molecule has 1 heterocycles. The van der Waals surface area contributed by atoms with Crippen molar-refractivity contribution >= 4 is 16.9 Å². The fourth-order valence-corrected chi connectivity index (χ4v) is 6.48. The smallest absolute Gasteiger partial charge is 0.313 e. The van der Waals surface area contributed by atoms with Crippen LogP contribution in [0.3, 0.4) is 0 Å². The number of aromatic nitrogens is 1. The molecule has 0 spiro atoms. The predicted molar refractivity (Wildman–Crippen MR) is 148 cm³/mol. The van der Waals surface area contributed by atoms with Crippen molar-refractivity contribution < 1.29 is 14.3 Å². The van der Waals surface area contributed by atoms with E-state index in [2.05, 4.69) is 45.0 Å². The van der Waals surface area contributed by atoms with Crippen molar-refractivity contribution in [2.24, 2.45) is 23.7 Å². The first kappa shape index (κ1) is 25.8. The van der Waals surface area contributed by atoms with Gasteiger partial charge in [0.25, 0.3) is 0 Å². The van der Waals surface area contributed by atoms with E-state index in [0.717, 1.165) is 53.6 Å². The maximum atomic E-state index is 13.7. The van der Waals surface area contributed by atoms with Gasteiger partial charge in [0.2, 0.25) is 0 Å². The van der Waals surface area contributed by atoms with Gasteiger partial charge in [-0.1, -0.05) is 76.4 Å². The maximum absolute atomic E-state index is 13.7. The lowest BCUT2D eigenvalue weighted by Gasteiger charge is -2.37. The average molecular weight is 500 g/mol. The topological polar surface area (TPSA) is 48.4 Å².